The van der Waals surface area contributed by atoms with Crippen molar-refractivity contribution < 1.29 is 12.8 Å². The van der Waals surface area contributed by atoms with Crippen LogP contribution >= 0.6 is 11.6 Å². The maximum atomic E-state index is 14.5. The van der Waals surface area contributed by atoms with E-state index in [1.165, 1.54) is 24.3 Å². The summed E-state index contributed by atoms with van der Waals surface area (Å²) in [6.45, 7) is 1.98. The van der Waals surface area contributed by atoms with Crippen LogP contribution in [0.3, 0.4) is 0 Å². The third-order valence-corrected chi connectivity index (χ3v) is 6.10. The summed E-state index contributed by atoms with van der Waals surface area (Å²) in [5.74, 6) is -0.548. The zero-order chi connectivity index (χ0) is 17.5. The van der Waals surface area contributed by atoms with Crippen molar-refractivity contribution in [1.29, 1.82) is 5.26 Å². The normalized spacial score (nSPS) is 14.2. The number of benzene rings is 2. The Labute approximate surface area is 145 Å². The van der Waals surface area contributed by atoms with E-state index in [-0.39, 0.29) is 27.7 Å². The zero-order valence-electron chi connectivity index (χ0n) is 12.9. The van der Waals surface area contributed by atoms with Crippen LogP contribution in [0.25, 0.3) is 0 Å². The molecule has 0 fully saturated rings. The van der Waals surface area contributed by atoms with Crippen LogP contribution in [0.5, 0.6) is 0 Å². The molecule has 2 aromatic rings. The first-order valence-corrected chi connectivity index (χ1v) is 9.18. The minimum atomic E-state index is -3.96. The molecule has 124 valence electrons. The number of aryl methyl sites for hydroxylation is 2. The van der Waals surface area contributed by atoms with Gasteiger partial charge in [-0.15, -0.1) is 0 Å². The molecule has 2 aromatic carbocycles. The van der Waals surface area contributed by atoms with Gasteiger partial charge in [-0.05, 0) is 55.2 Å². The van der Waals surface area contributed by atoms with Gasteiger partial charge in [0, 0.05) is 6.54 Å². The van der Waals surface area contributed by atoms with Gasteiger partial charge in [-0.3, -0.25) is 4.31 Å². The third-order valence-electron chi connectivity index (χ3n) is 3.99. The Kier molecular flexibility index (Phi) is 4.24. The summed E-state index contributed by atoms with van der Waals surface area (Å²) in [6, 6.07) is 8.93. The van der Waals surface area contributed by atoms with Gasteiger partial charge < -0.3 is 0 Å². The van der Waals surface area contributed by atoms with Crippen molar-refractivity contribution >= 4 is 27.3 Å². The summed E-state index contributed by atoms with van der Waals surface area (Å²) in [7, 11) is -3.96. The number of rotatable bonds is 2. The highest BCUT2D eigenvalue weighted by molar-refractivity contribution is 7.92. The molecule has 0 aromatic heterocycles. The van der Waals surface area contributed by atoms with Crippen molar-refractivity contribution in [3.05, 3.63) is 57.9 Å². The molecule has 7 heteroatoms. The van der Waals surface area contributed by atoms with Crippen molar-refractivity contribution in [3.63, 3.8) is 0 Å². The second kappa shape index (κ2) is 6.08. The molecule has 0 saturated carbocycles. The Balaban J connectivity index is 2.13. The van der Waals surface area contributed by atoms with Gasteiger partial charge in [-0.25, -0.2) is 12.8 Å². The van der Waals surface area contributed by atoms with Gasteiger partial charge in [0.05, 0.1) is 21.2 Å². The van der Waals surface area contributed by atoms with Crippen molar-refractivity contribution in [2.75, 3.05) is 10.8 Å². The molecule has 1 heterocycles. The van der Waals surface area contributed by atoms with Gasteiger partial charge in [0.1, 0.15) is 11.9 Å². The summed E-state index contributed by atoms with van der Waals surface area (Å²) in [4.78, 5) is -0.0562. The molecule has 24 heavy (non-hydrogen) atoms. The zero-order valence-corrected chi connectivity index (χ0v) is 14.5. The molecule has 0 atom stereocenters. The van der Waals surface area contributed by atoms with Crippen molar-refractivity contribution in [3.8, 4) is 6.07 Å². The van der Waals surface area contributed by atoms with E-state index in [1.54, 1.807) is 6.92 Å². The highest BCUT2D eigenvalue weighted by atomic mass is 35.5. The Hall–Kier alpha value is -2.10. The fourth-order valence-corrected chi connectivity index (χ4v) is 4.78. The SMILES string of the molecule is Cc1cc(F)c2c(c1)CCCN2S(=O)(=O)c1ccc(C#N)c(Cl)c1. The number of fused-ring (bicyclic) bond motifs is 1. The average Bonchev–Trinajstić information content (AvgIpc) is 2.53. The second-order valence-corrected chi connectivity index (χ2v) is 7.96. The van der Waals surface area contributed by atoms with Crippen molar-refractivity contribution in [2.45, 2.75) is 24.7 Å². The number of halogens is 2. The lowest BCUT2D eigenvalue weighted by atomic mass is 10.0. The van der Waals surface area contributed by atoms with E-state index in [0.29, 0.717) is 18.4 Å². The molecule has 0 N–H and O–H groups in total. The van der Waals surface area contributed by atoms with E-state index in [9.17, 15) is 12.8 Å². The first-order valence-electron chi connectivity index (χ1n) is 7.36. The summed E-state index contributed by atoms with van der Waals surface area (Å²) in [5.41, 5.74) is 1.73. The lowest BCUT2D eigenvalue weighted by molar-refractivity contribution is 0.576. The third kappa shape index (κ3) is 2.74. The second-order valence-electron chi connectivity index (χ2n) is 5.69. The fourth-order valence-electron chi connectivity index (χ4n) is 2.92. The Morgan fingerprint density at radius 3 is 2.71 bits per heavy atom. The summed E-state index contributed by atoms with van der Waals surface area (Å²) < 4.78 is 41.5. The summed E-state index contributed by atoms with van der Waals surface area (Å²) in [5, 5.41) is 8.97. The van der Waals surface area contributed by atoms with Gasteiger partial charge in [-0.2, -0.15) is 5.26 Å². The fraction of sp³-hybridized carbons (Fsp3) is 0.235. The van der Waals surface area contributed by atoms with E-state index in [1.807, 2.05) is 12.1 Å². The van der Waals surface area contributed by atoms with E-state index < -0.39 is 15.8 Å². The lowest BCUT2D eigenvalue weighted by Crippen LogP contribution is -2.36. The Morgan fingerprint density at radius 1 is 1.29 bits per heavy atom. The van der Waals surface area contributed by atoms with Crippen molar-refractivity contribution in [2.24, 2.45) is 0 Å². The topological polar surface area (TPSA) is 61.2 Å². The van der Waals surface area contributed by atoms with Crippen molar-refractivity contribution in [1.82, 2.24) is 0 Å². The smallest absolute Gasteiger partial charge is 0.263 e. The van der Waals surface area contributed by atoms with Crippen LogP contribution < -0.4 is 4.31 Å². The van der Waals surface area contributed by atoms with Crippen LogP contribution in [0.1, 0.15) is 23.1 Å². The standard InChI is InChI=1S/C17H14ClFN2O2S/c1-11-7-12-3-2-6-21(17(12)16(19)8-11)24(22,23)14-5-4-13(10-20)15(18)9-14/h4-5,7-9H,2-3,6H2,1H3. The molecular weight excluding hydrogens is 351 g/mol. The number of anilines is 1. The van der Waals surface area contributed by atoms with E-state index in [4.69, 9.17) is 16.9 Å². The Morgan fingerprint density at radius 2 is 2.04 bits per heavy atom. The monoisotopic (exact) mass is 364 g/mol. The quantitative estimate of drug-likeness (QED) is 0.814. The molecule has 1 aliphatic rings. The van der Waals surface area contributed by atoms with Crippen LogP contribution in [0, 0.1) is 24.1 Å². The predicted octanol–water partition coefficient (Wildman–Crippen LogP) is 3.80. The first-order chi connectivity index (χ1) is 11.3. The van der Waals surface area contributed by atoms with Gasteiger partial charge in [0.2, 0.25) is 0 Å². The van der Waals surface area contributed by atoms with Crippen LogP contribution in [0.15, 0.2) is 35.2 Å². The maximum absolute atomic E-state index is 14.5. The summed E-state index contributed by atoms with van der Waals surface area (Å²) >= 11 is 5.95. The number of sulfonamides is 1. The number of hydrogen-bond acceptors (Lipinski definition) is 3. The van der Waals surface area contributed by atoms with E-state index in [2.05, 4.69) is 0 Å². The first kappa shape index (κ1) is 16.7. The largest absolute Gasteiger partial charge is 0.264 e. The number of nitriles is 1. The summed E-state index contributed by atoms with van der Waals surface area (Å²) in [6.07, 6.45) is 1.24. The molecule has 3 rings (SSSR count). The molecule has 0 saturated heterocycles. The van der Waals surface area contributed by atoms with Crippen LogP contribution in [-0.4, -0.2) is 15.0 Å². The molecule has 0 unspecified atom stereocenters. The molecule has 0 radical (unpaired) electrons. The Bertz CT molecular complexity index is 967. The highest BCUT2D eigenvalue weighted by Crippen LogP contribution is 2.35. The predicted molar refractivity (Wildman–Crippen MR) is 90.2 cm³/mol. The molecule has 1 aliphatic heterocycles. The maximum Gasteiger partial charge on any atom is 0.264 e. The van der Waals surface area contributed by atoms with Gasteiger partial charge in [0.25, 0.3) is 10.0 Å². The van der Waals surface area contributed by atoms with E-state index in [0.717, 1.165) is 9.87 Å². The minimum Gasteiger partial charge on any atom is -0.263 e. The molecule has 0 bridgehead atoms. The van der Waals surface area contributed by atoms with Crippen LogP contribution in [0.2, 0.25) is 5.02 Å². The van der Waals surface area contributed by atoms with Crippen LogP contribution in [0.4, 0.5) is 10.1 Å². The minimum absolute atomic E-state index is 0.0557. The number of nitrogens with zero attached hydrogens (tertiary/aromatic N) is 2. The van der Waals surface area contributed by atoms with Gasteiger partial charge in [-0.1, -0.05) is 17.7 Å². The van der Waals surface area contributed by atoms with Gasteiger partial charge in [0.15, 0.2) is 0 Å². The average molecular weight is 365 g/mol. The highest BCUT2D eigenvalue weighted by Gasteiger charge is 2.32. The molecule has 0 aliphatic carbocycles. The van der Waals surface area contributed by atoms with Crippen LogP contribution in [-0.2, 0) is 16.4 Å². The van der Waals surface area contributed by atoms with E-state index >= 15 is 0 Å². The lowest BCUT2D eigenvalue weighted by Gasteiger charge is -2.31. The molecule has 4 nitrogen and oxygen atoms in total. The molecular formula is C17H14ClFN2O2S. The number of hydrogen-bond donors (Lipinski definition) is 0. The molecule has 0 spiro atoms. The van der Waals surface area contributed by atoms with Gasteiger partial charge >= 0.3 is 0 Å². The molecule has 0 amide bonds.